The molecule has 0 saturated carbocycles. The molecule has 0 radical (unpaired) electrons. The molecule has 0 unspecified atom stereocenters. The van der Waals surface area contributed by atoms with E-state index in [1.54, 1.807) is 44.2 Å². The van der Waals surface area contributed by atoms with Gasteiger partial charge in [-0.3, -0.25) is 14.1 Å². The summed E-state index contributed by atoms with van der Waals surface area (Å²) in [4.78, 5) is 52.2. The van der Waals surface area contributed by atoms with E-state index in [9.17, 15) is 14.2 Å². The zero-order valence-corrected chi connectivity index (χ0v) is 18.7. The summed E-state index contributed by atoms with van der Waals surface area (Å²) in [7, 11) is -4.67. The van der Waals surface area contributed by atoms with E-state index in [0.29, 0.717) is 34.0 Å². The molecule has 10 nitrogen and oxygen atoms in total. The van der Waals surface area contributed by atoms with E-state index in [-0.39, 0.29) is 60.1 Å². The third-order valence-electron chi connectivity index (χ3n) is 4.13. The first kappa shape index (κ1) is 28.5. The molecule has 0 spiro atoms. The van der Waals surface area contributed by atoms with Crippen LogP contribution in [0.4, 0.5) is 5.82 Å². The van der Waals surface area contributed by atoms with Crippen LogP contribution in [-0.2, 0) is 20.4 Å². The molecule has 0 fully saturated rings. The average Bonchev–Trinajstić information content (AvgIpc) is 2.71. The molecular formula is C19H24N4NaO6PS. The number of phosphoric ester groups is 1. The first-order valence-electron chi connectivity index (χ1n) is 9.07. The molecule has 0 aliphatic heterocycles. The molecule has 2 aromatic rings. The normalized spacial score (nSPS) is 11.9. The van der Waals surface area contributed by atoms with Crippen LogP contribution < -0.4 is 5.73 Å². The third-order valence-corrected chi connectivity index (χ3v) is 5.82. The third kappa shape index (κ3) is 9.13. The van der Waals surface area contributed by atoms with Crippen LogP contribution in [0.2, 0.25) is 0 Å². The Balaban J connectivity index is 0.00000512. The van der Waals surface area contributed by atoms with Gasteiger partial charge in [0.1, 0.15) is 11.6 Å². The van der Waals surface area contributed by atoms with Gasteiger partial charge >= 0.3 is 37.4 Å². The number of aryl methyl sites for hydroxylation is 1. The first-order valence-corrected chi connectivity index (χ1v) is 11.4. The SMILES string of the molecule is C/C(=C(\CCOP(=O)(O)O)SC(=O)c1ccccc1)N(C=O)Cc1cnc(C)nc1N.[NaH]. The van der Waals surface area contributed by atoms with Crippen molar-refractivity contribution >= 4 is 66.5 Å². The van der Waals surface area contributed by atoms with Crippen LogP contribution in [0.25, 0.3) is 0 Å². The number of nitrogen functional groups attached to an aromatic ring is 1. The Morgan fingerprint density at radius 3 is 2.53 bits per heavy atom. The summed E-state index contributed by atoms with van der Waals surface area (Å²) in [6, 6.07) is 8.52. The van der Waals surface area contributed by atoms with Crippen molar-refractivity contribution < 1.29 is 28.5 Å². The van der Waals surface area contributed by atoms with Crippen molar-refractivity contribution in [3.05, 3.63) is 64.1 Å². The van der Waals surface area contributed by atoms with E-state index in [2.05, 4.69) is 14.5 Å². The van der Waals surface area contributed by atoms with Crippen LogP contribution in [0.15, 0.2) is 47.1 Å². The van der Waals surface area contributed by atoms with Gasteiger partial charge in [-0.1, -0.05) is 30.3 Å². The van der Waals surface area contributed by atoms with E-state index in [0.717, 1.165) is 11.8 Å². The van der Waals surface area contributed by atoms with Crippen molar-refractivity contribution in [3.63, 3.8) is 0 Å². The Labute approximate surface area is 212 Å². The van der Waals surface area contributed by atoms with Crippen molar-refractivity contribution in [2.45, 2.75) is 26.8 Å². The predicted molar refractivity (Wildman–Crippen MR) is 124 cm³/mol. The average molecular weight is 490 g/mol. The van der Waals surface area contributed by atoms with Gasteiger partial charge < -0.3 is 20.4 Å². The van der Waals surface area contributed by atoms with Gasteiger partial charge in [-0.05, 0) is 25.6 Å². The van der Waals surface area contributed by atoms with Crippen LogP contribution in [0.3, 0.4) is 0 Å². The summed E-state index contributed by atoms with van der Waals surface area (Å²) in [5.41, 5.74) is 7.29. The predicted octanol–water partition coefficient (Wildman–Crippen LogP) is 1.98. The number of hydrogen-bond donors (Lipinski definition) is 3. The summed E-state index contributed by atoms with van der Waals surface area (Å²) in [6.45, 7) is 3.03. The molecule has 32 heavy (non-hydrogen) atoms. The molecule has 13 heteroatoms. The molecule has 0 atom stereocenters. The van der Waals surface area contributed by atoms with E-state index in [1.165, 1.54) is 11.1 Å². The van der Waals surface area contributed by atoms with Crippen molar-refractivity contribution in [1.29, 1.82) is 0 Å². The number of nitrogens with two attached hydrogens (primary N) is 1. The summed E-state index contributed by atoms with van der Waals surface area (Å²) in [6.07, 6.45) is 2.09. The zero-order chi connectivity index (χ0) is 23.0. The van der Waals surface area contributed by atoms with Gasteiger partial charge in [0.25, 0.3) is 0 Å². The number of thioether (sulfide) groups is 1. The summed E-state index contributed by atoms with van der Waals surface area (Å²) >= 11 is 0.862. The monoisotopic (exact) mass is 490 g/mol. The number of carbonyl (C=O) groups is 2. The molecule has 168 valence electrons. The molecule has 0 saturated heterocycles. The second-order valence-electron chi connectivity index (χ2n) is 6.40. The molecule has 1 aromatic heterocycles. The van der Waals surface area contributed by atoms with Gasteiger partial charge in [0.2, 0.25) is 11.5 Å². The minimum atomic E-state index is -4.67. The van der Waals surface area contributed by atoms with E-state index < -0.39 is 7.82 Å². The molecule has 0 bridgehead atoms. The number of allylic oxidation sites excluding steroid dienone is 1. The topological polar surface area (TPSA) is 156 Å². The molecule has 1 amide bonds. The molecule has 1 heterocycles. The van der Waals surface area contributed by atoms with Crippen molar-refractivity contribution in [2.24, 2.45) is 0 Å². The Morgan fingerprint density at radius 2 is 1.97 bits per heavy atom. The quantitative estimate of drug-likeness (QED) is 0.256. The van der Waals surface area contributed by atoms with Crippen molar-refractivity contribution in [2.75, 3.05) is 12.3 Å². The second-order valence-corrected chi connectivity index (χ2v) is 8.71. The Morgan fingerprint density at radius 1 is 1.31 bits per heavy atom. The van der Waals surface area contributed by atoms with E-state index in [4.69, 9.17) is 15.5 Å². The Kier molecular flexibility index (Phi) is 11.8. The molecular weight excluding hydrogens is 466 g/mol. The maximum atomic E-state index is 12.7. The van der Waals surface area contributed by atoms with Gasteiger partial charge in [0, 0.05) is 34.3 Å². The summed E-state index contributed by atoms with van der Waals surface area (Å²) < 4.78 is 15.5. The number of carbonyl (C=O) groups excluding carboxylic acids is 2. The maximum absolute atomic E-state index is 12.7. The Bertz CT molecular complexity index is 1020. The fraction of sp³-hybridized carbons (Fsp3) is 0.263. The van der Waals surface area contributed by atoms with Crippen LogP contribution in [0.1, 0.15) is 35.1 Å². The van der Waals surface area contributed by atoms with Crippen LogP contribution in [0.5, 0.6) is 0 Å². The van der Waals surface area contributed by atoms with Crippen LogP contribution in [0, 0.1) is 6.92 Å². The summed E-state index contributed by atoms with van der Waals surface area (Å²) in [5.74, 6) is 0.719. The van der Waals surface area contributed by atoms with Gasteiger partial charge in [-0.25, -0.2) is 14.5 Å². The number of rotatable bonds is 10. The van der Waals surface area contributed by atoms with Gasteiger partial charge in [0.05, 0.1) is 13.2 Å². The fourth-order valence-corrected chi connectivity index (χ4v) is 3.78. The molecule has 1 aromatic carbocycles. The number of benzene rings is 1. The number of amides is 1. The number of phosphoric acid groups is 1. The first-order chi connectivity index (χ1) is 14.6. The fourth-order valence-electron chi connectivity index (χ4n) is 2.52. The number of hydrogen-bond acceptors (Lipinski definition) is 8. The zero-order valence-electron chi connectivity index (χ0n) is 17.0. The molecule has 0 aliphatic rings. The number of nitrogens with zero attached hydrogens (tertiary/aromatic N) is 3. The number of aromatic nitrogens is 2. The minimum absolute atomic E-state index is 0. The van der Waals surface area contributed by atoms with Gasteiger partial charge in [-0.2, -0.15) is 0 Å². The van der Waals surface area contributed by atoms with Crippen molar-refractivity contribution in [3.8, 4) is 0 Å². The molecule has 4 N–H and O–H groups in total. The number of anilines is 1. The van der Waals surface area contributed by atoms with Gasteiger partial charge in [0.15, 0.2) is 0 Å². The van der Waals surface area contributed by atoms with E-state index in [1.807, 2.05) is 0 Å². The standard InChI is InChI=1S/C19H23N4O6PS.Na.H/c1-13(23(12-24)11-16-10-21-14(2)22-18(16)20)17(8-9-29-30(26,27)28)31-19(25)15-6-4-3-5-7-15;;/h3-7,10,12H,8-9,11H2,1-2H3,(H2,20,21,22)(H2,26,27,28);;/b17-13-;;. The molecule has 0 aliphatic carbocycles. The van der Waals surface area contributed by atoms with E-state index >= 15 is 0 Å². The van der Waals surface area contributed by atoms with Gasteiger partial charge in [-0.15, -0.1) is 0 Å². The second kappa shape index (κ2) is 13.2. The Hall–Kier alpha value is -1.56. The summed E-state index contributed by atoms with van der Waals surface area (Å²) in [5, 5.41) is -0.282. The van der Waals surface area contributed by atoms with Crippen LogP contribution >= 0.6 is 19.6 Å². The van der Waals surface area contributed by atoms with Crippen LogP contribution in [-0.4, -0.2) is 72.3 Å². The molecule has 2 rings (SSSR count). The van der Waals surface area contributed by atoms with Crippen molar-refractivity contribution in [1.82, 2.24) is 14.9 Å².